The molecule has 0 aliphatic carbocycles. The fourth-order valence-corrected chi connectivity index (χ4v) is 2.00. The number of hydrogen-bond acceptors (Lipinski definition) is 3. The number of hydrogen-bond donors (Lipinski definition) is 2. The van der Waals surface area contributed by atoms with Crippen LogP contribution in [0.2, 0.25) is 0 Å². The van der Waals surface area contributed by atoms with Gasteiger partial charge in [0.2, 0.25) is 5.91 Å². The Kier molecular flexibility index (Phi) is 6.52. The second-order valence-electron chi connectivity index (χ2n) is 5.02. The predicted octanol–water partition coefficient (Wildman–Crippen LogP) is 1.31. The minimum atomic E-state index is -0.00775. The molecular weight excluding hydrogens is 216 g/mol. The third-order valence-corrected chi connectivity index (χ3v) is 3.26. The molecule has 4 heteroatoms. The third-order valence-electron chi connectivity index (χ3n) is 3.26. The van der Waals surface area contributed by atoms with E-state index >= 15 is 0 Å². The molecule has 17 heavy (non-hydrogen) atoms. The lowest BCUT2D eigenvalue weighted by Crippen LogP contribution is -2.52. The summed E-state index contributed by atoms with van der Waals surface area (Å²) in [6, 6.07) is 0.109. The first kappa shape index (κ1) is 14.5. The van der Waals surface area contributed by atoms with E-state index in [0.717, 1.165) is 19.4 Å². The van der Waals surface area contributed by atoms with Crippen molar-refractivity contribution >= 4 is 5.91 Å². The van der Waals surface area contributed by atoms with Gasteiger partial charge in [0.25, 0.3) is 0 Å². The van der Waals surface area contributed by atoms with Crippen molar-refractivity contribution in [1.82, 2.24) is 10.6 Å². The van der Waals surface area contributed by atoms with Gasteiger partial charge in [0.05, 0.1) is 18.7 Å². The highest BCUT2D eigenvalue weighted by atomic mass is 16.5. The molecule has 1 rings (SSSR count). The van der Waals surface area contributed by atoms with Crippen molar-refractivity contribution in [2.75, 3.05) is 19.8 Å². The number of piperidine rings is 1. The maximum Gasteiger partial charge on any atom is 0.237 e. The molecule has 4 nitrogen and oxygen atoms in total. The van der Waals surface area contributed by atoms with Crippen molar-refractivity contribution in [2.45, 2.75) is 52.1 Å². The summed E-state index contributed by atoms with van der Waals surface area (Å²) in [5, 5.41) is 6.36. The first-order valence-corrected chi connectivity index (χ1v) is 6.76. The maximum absolute atomic E-state index is 12.0. The van der Waals surface area contributed by atoms with E-state index in [-0.39, 0.29) is 18.0 Å². The molecule has 0 aromatic carbocycles. The molecule has 2 N–H and O–H groups in total. The average molecular weight is 242 g/mol. The normalized spacial score (nSPS) is 22.5. The molecule has 1 fully saturated rings. The number of carbonyl (C=O) groups excluding carboxylic acids is 1. The SMILES string of the molecule is CCOCC(NC(=O)[C@H]1CCCCN1)C(C)C. The lowest BCUT2D eigenvalue weighted by Gasteiger charge is -2.27. The minimum Gasteiger partial charge on any atom is -0.380 e. The van der Waals surface area contributed by atoms with E-state index in [1.165, 1.54) is 6.42 Å². The predicted molar refractivity (Wildman–Crippen MR) is 68.9 cm³/mol. The van der Waals surface area contributed by atoms with Crippen molar-refractivity contribution < 1.29 is 9.53 Å². The minimum absolute atomic E-state index is 0.00775. The second kappa shape index (κ2) is 7.67. The average Bonchev–Trinajstić information content (AvgIpc) is 2.35. The van der Waals surface area contributed by atoms with Gasteiger partial charge < -0.3 is 15.4 Å². The van der Waals surface area contributed by atoms with Crippen LogP contribution >= 0.6 is 0 Å². The Morgan fingerprint density at radius 3 is 2.76 bits per heavy atom. The topological polar surface area (TPSA) is 50.4 Å². The van der Waals surface area contributed by atoms with E-state index in [0.29, 0.717) is 19.1 Å². The highest BCUT2D eigenvalue weighted by Crippen LogP contribution is 2.09. The second-order valence-corrected chi connectivity index (χ2v) is 5.02. The first-order valence-electron chi connectivity index (χ1n) is 6.76. The molecule has 1 amide bonds. The van der Waals surface area contributed by atoms with E-state index in [4.69, 9.17) is 4.74 Å². The molecule has 0 radical (unpaired) electrons. The highest BCUT2D eigenvalue weighted by Gasteiger charge is 2.24. The Morgan fingerprint density at radius 1 is 1.47 bits per heavy atom. The lowest BCUT2D eigenvalue weighted by molar-refractivity contribution is -0.125. The van der Waals surface area contributed by atoms with E-state index in [2.05, 4.69) is 24.5 Å². The third kappa shape index (κ3) is 5.04. The van der Waals surface area contributed by atoms with E-state index in [1.54, 1.807) is 0 Å². The van der Waals surface area contributed by atoms with Gasteiger partial charge in [0, 0.05) is 6.61 Å². The van der Waals surface area contributed by atoms with Gasteiger partial charge in [-0.1, -0.05) is 20.3 Å². The van der Waals surface area contributed by atoms with Gasteiger partial charge in [-0.3, -0.25) is 4.79 Å². The van der Waals surface area contributed by atoms with Crippen LogP contribution in [0.4, 0.5) is 0 Å². The zero-order valence-electron chi connectivity index (χ0n) is 11.3. The zero-order valence-corrected chi connectivity index (χ0v) is 11.3. The summed E-state index contributed by atoms with van der Waals surface area (Å²) in [5.41, 5.74) is 0. The summed E-state index contributed by atoms with van der Waals surface area (Å²) in [5.74, 6) is 0.525. The van der Waals surface area contributed by atoms with Crippen LogP contribution in [0.25, 0.3) is 0 Å². The van der Waals surface area contributed by atoms with Crippen molar-refractivity contribution in [3.63, 3.8) is 0 Å². The van der Waals surface area contributed by atoms with Crippen LogP contribution in [0, 0.1) is 5.92 Å². The molecule has 1 heterocycles. The summed E-state index contributed by atoms with van der Waals surface area (Å²) < 4.78 is 5.41. The summed E-state index contributed by atoms with van der Waals surface area (Å²) in [4.78, 5) is 12.0. The number of rotatable bonds is 6. The largest absolute Gasteiger partial charge is 0.380 e. The standard InChI is InChI=1S/C13H26N2O2/c1-4-17-9-12(10(2)3)15-13(16)11-7-5-6-8-14-11/h10-12,14H,4-9H2,1-3H3,(H,15,16)/t11-,12?/m1/s1. The summed E-state index contributed by atoms with van der Waals surface area (Å²) in [7, 11) is 0. The number of nitrogens with one attached hydrogen (secondary N) is 2. The molecule has 100 valence electrons. The molecule has 0 saturated carbocycles. The van der Waals surface area contributed by atoms with E-state index in [1.807, 2.05) is 6.92 Å². The molecule has 1 saturated heterocycles. The molecule has 0 bridgehead atoms. The Balaban J connectivity index is 2.39. The van der Waals surface area contributed by atoms with Crippen LogP contribution in [0.15, 0.2) is 0 Å². The molecular formula is C13H26N2O2. The monoisotopic (exact) mass is 242 g/mol. The summed E-state index contributed by atoms with van der Waals surface area (Å²) in [6.45, 7) is 8.45. The van der Waals surface area contributed by atoms with Crippen molar-refractivity contribution in [3.8, 4) is 0 Å². The number of carbonyl (C=O) groups is 1. The van der Waals surface area contributed by atoms with E-state index < -0.39 is 0 Å². The van der Waals surface area contributed by atoms with Gasteiger partial charge in [0.1, 0.15) is 0 Å². The fraction of sp³-hybridized carbons (Fsp3) is 0.923. The van der Waals surface area contributed by atoms with Crippen LogP contribution in [-0.2, 0) is 9.53 Å². The smallest absolute Gasteiger partial charge is 0.237 e. The Morgan fingerprint density at radius 2 is 2.24 bits per heavy atom. The number of ether oxygens (including phenoxy) is 1. The maximum atomic E-state index is 12.0. The van der Waals surface area contributed by atoms with Crippen LogP contribution in [-0.4, -0.2) is 37.7 Å². The van der Waals surface area contributed by atoms with Crippen molar-refractivity contribution in [2.24, 2.45) is 5.92 Å². The van der Waals surface area contributed by atoms with Crippen LogP contribution < -0.4 is 10.6 Å². The van der Waals surface area contributed by atoms with Gasteiger partial charge >= 0.3 is 0 Å². The number of amides is 1. The van der Waals surface area contributed by atoms with Gasteiger partial charge in [-0.2, -0.15) is 0 Å². The molecule has 1 aliphatic heterocycles. The Labute approximate surface area is 104 Å². The summed E-state index contributed by atoms with van der Waals surface area (Å²) >= 11 is 0. The quantitative estimate of drug-likeness (QED) is 0.738. The van der Waals surface area contributed by atoms with Gasteiger partial charge in [0.15, 0.2) is 0 Å². The Bertz CT molecular complexity index is 225. The van der Waals surface area contributed by atoms with Gasteiger partial charge in [-0.05, 0) is 32.2 Å². The Hall–Kier alpha value is -0.610. The van der Waals surface area contributed by atoms with Crippen molar-refractivity contribution in [1.29, 1.82) is 0 Å². The van der Waals surface area contributed by atoms with Crippen LogP contribution in [0.1, 0.15) is 40.0 Å². The van der Waals surface area contributed by atoms with Gasteiger partial charge in [-0.25, -0.2) is 0 Å². The zero-order chi connectivity index (χ0) is 12.7. The van der Waals surface area contributed by atoms with Crippen LogP contribution in [0.3, 0.4) is 0 Å². The van der Waals surface area contributed by atoms with Crippen LogP contribution in [0.5, 0.6) is 0 Å². The van der Waals surface area contributed by atoms with E-state index in [9.17, 15) is 4.79 Å². The molecule has 1 aliphatic rings. The summed E-state index contributed by atoms with van der Waals surface area (Å²) in [6.07, 6.45) is 3.27. The van der Waals surface area contributed by atoms with Gasteiger partial charge in [-0.15, -0.1) is 0 Å². The molecule has 0 aromatic rings. The fourth-order valence-electron chi connectivity index (χ4n) is 2.00. The molecule has 2 atom stereocenters. The lowest BCUT2D eigenvalue weighted by atomic mass is 10.0. The molecule has 0 spiro atoms. The first-order chi connectivity index (χ1) is 8.15. The molecule has 0 aromatic heterocycles. The highest BCUT2D eigenvalue weighted by molar-refractivity contribution is 5.82. The van der Waals surface area contributed by atoms with Crippen molar-refractivity contribution in [3.05, 3.63) is 0 Å². The molecule has 1 unspecified atom stereocenters.